The van der Waals surface area contributed by atoms with Crippen LogP contribution in [0.2, 0.25) is 0 Å². The Hall–Kier alpha value is -2.25. The van der Waals surface area contributed by atoms with Gasteiger partial charge in [0.1, 0.15) is 0 Å². The number of halogens is 10. The normalized spacial score (nSPS) is 19.3. The second-order valence-electron chi connectivity index (χ2n) is 5.19. The van der Waals surface area contributed by atoms with Crippen LogP contribution in [0, 0.1) is 0 Å². The van der Waals surface area contributed by atoms with Crippen molar-refractivity contribution in [2.75, 3.05) is 0 Å². The number of amidine groups is 1. The predicted molar refractivity (Wildman–Crippen MR) is 78.0 cm³/mol. The number of benzene rings is 1. The Morgan fingerprint density at radius 1 is 0.929 bits per heavy atom. The zero-order valence-electron chi connectivity index (χ0n) is 12.9. The lowest BCUT2D eigenvalue weighted by Crippen LogP contribution is -2.55. The molecule has 0 bridgehead atoms. The molecule has 2 rings (SSSR count). The molecule has 0 spiro atoms. The molecule has 1 aromatic carbocycles. The van der Waals surface area contributed by atoms with Crippen LogP contribution in [0.5, 0.6) is 0 Å². The van der Waals surface area contributed by atoms with Gasteiger partial charge in [-0.1, -0.05) is 30.0 Å². The number of allylic oxidation sites excluding steroid dienone is 1. The second-order valence-corrected chi connectivity index (χ2v) is 6.19. The standard InChI is InChI=1S/C14H6F10N2OS/c15-7(12(16,17)18)8-11(13(19,20)21,14(22,23)24)26-10(28-8)25-9(27)6-4-2-1-3-5-6/h1-5H,(H,25,26,27)/b8-7+. The molecule has 1 N–H and O–H groups in total. The number of hydrogen-bond donors (Lipinski definition) is 1. The number of rotatable bonds is 1. The first kappa shape index (κ1) is 22.0. The average Bonchev–Trinajstić information content (AvgIpc) is 2.94. The van der Waals surface area contributed by atoms with E-state index in [0.717, 1.165) is 12.1 Å². The van der Waals surface area contributed by atoms with E-state index in [-0.39, 0.29) is 5.56 Å². The van der Waals surface area contributed by atoms with Crippen LogP contribution in [0.25, 0.3) is 0 Å². The molecule has 1 heterocycles. The Bertz CT molecular complexity index is 809. The maximum absolute atomic E-state index is 13.6. The molecule has 0 atom stereocenters. The first-order chi connectivity index (χ1) is 12.6. The minimum atomic E-state index is -6.48. The van der Waals surface area contributed by atoms with Crippen LogP contribution in [-0.4, -0.2) is 35.1 Å². The molecule has 1 aromatic rings. The highest BCUT2D eigenvalue weighted by atomic mass is 32.2. The summed E-state index contributed by atoms with van der Waals surface area (Å²) in [5, 5.41) is 0.0482. The fraction of sp³-hybridized carbons (Fsp3) is 0.286. The fourth-order valence-corrected chi connectivity index (χ4v) is 3.24. The third kappa shape index (κ3) is 3.82. The molecular weight excluding hydrogens is 434 g/mol. The zero-order chi connectivity index (χ0) is 21.5. The van der Waals surface area contributed by atoms with Gasteiger partial charge in [-0.15, -0.1) is 0 Å². The smallest absolute Gasteiger partial charge is 0.301 e. The van der Waals surface area contributed by atoms with Gasteiger partial charge in [0.25, 0.3) is 11.4 Å². The predicted octanol–water partition coefficient (Wildman–Crippen LogP) is 5.13. The van der Waals surface area contributed by atoms with E-state index < -0.39 is 57.6 Å². The first-order valence-corrected chi connectivity index (χ1v) is 7.68. The summed E-state index contributed by atoms with van der Waals surface area (Å²) in [4.78, 5) is 11.4. The fourth-order valence-electron chi connectivity index (χ4n) is 2.09. The van der Waals surface area contributed by atoms with Crippen molar-refractivity contribution in [2.24, 2.45) is 4.99 Å². The topological polar surface area (TPSA) is 41.5 Å². The van der Waals surface area contributed by atoms with E-state index in [1.54, 1.807) is 0 Å². The molecule has 0 unspecified atom stereocenters. The van der Waals surface area contributed by atoms with Crippen LogP contribution in [0.4, 0.5) is 43.9 Å². The van der Waals surface area contributed by atoms with Gasteiger partial charge in [0.15, 0.2) is 5.17 Å². The largest absolute Gasteiger partial charge is 0.443 e. The van der Waals surface area contributed by atoms with Crippen molar-refractivity contribution in [1.29, 1.82) is 0 Å². The van der Waals surface area contributed by atoms with Crippen LogP contribution in [0.1, 0.15) is 10.4 Å². The maximum Gasteiger partial charge on any atom is 0.443 e. The summed E-state index contributed by atoms with van der Waals surface area (Å²) in [6.07, 6.45) is -19.1. The highest BCUT2D eigenvalue weighted by Crippen LogP contribution is 2.59. The summed E-state index contributed by atoms with van der Waals surface area (Å²) in [6, 6.07) is 6.31. The number of alkyl halides is 9. The lowest BCUT2D eigenvalue weighted by Gasteiger charge is -2.31. The Labute approximate surface area is 153 Å². The molecule has 0 radical (unpaired) electrons. The molecule has 14 heteroatoms. The van der Waals surface area contributed by atoms with E-state index in [2.05, 4.69) is 4.99 Å². The summed E-state index contributed by atoms with van der Waals surface area (Å²) in [7, 11) is 0. The number of nitrogens with one attached hydrogen (secondary N) is 1. The molecule has 28 heavy (non-hydrogen) atoms. The lowest BCUT2D eigenvalue weighted by atomic mass is 9.97. The van der Waals surface area contributed by atoms with Gasteiger partial charge in [-0.05, 0) is 12.1 Å². The summed E-state index contributed by atoms with van der Waals surface area (Å²) < 4.78 is 131. The van der Waals surface area contributed by atoms with E-state index in [1.165, 1.54) is 23.5 Å². The van der Waals surface area contributed by atoms with Gasteiger partial charge in [-0.25, -0.2) is 9.38 Å². The van der Waals surface area contributed by atoms with Crippen LogP contribution < -0.4 is 5.32 Å². The molecular formula is C14H6F10N2OS. The number of hydrogen-bond acceptors (Lipinski definition) is 3. The highest BCUT2D eigenvalue weighted by Gasteiger charge is 2.77. The van der Waals surface area contributed by atoms with Gasteiger partial charge >= 0.3 is 18.5 Å². The van der Waals surface area contributed by atoms with Gasteiger partial charge in [0, 0.05) is 5.56 Å². The molecule has 154 valence electrons. The molecule has 0 fully saturated rings. The number of carbonyl (C=O) groups is 1. The molecule has 1 amide bonds. The van der Waals surface area contributed by atoms with E-state index in [4.69, 9.17) is 0 Å². The minimum Gasteiger partial charge on any atom is -0.301 e. The van der Waals surface area contributed by atoms with Gasteiger partial charge in [-0.2, -0.15) is 39.5 Å². The van der Waals surface area contributed by atoms with Crippen LogP contribution in [-0.2, 0) is 0 Å². The Balaban J connectivity index is 2.61. The van der Waals surface area contributed by atoms with Crippen molar-refractivity contribution < 1.29 is 48.7 Å². The van der Waals surface area contributed by atoms with Gasteiger partial charge < -0.3 is 5.32 Å². The Morgan fingerprint density at radius 3 is 1.86 bits per heavy atom. The number of thioether (sulfide) groups is 1. The van der Waals surface area contributed by atoms with Crippen molar-refractivity contribution in [3.8, 4) is 0 Å². The van der Waals surface area contributed by atoms with E-state index in [1.807, 2.05) is 0 Å². The van der Waals surface area contributed by atoms with E-state index >= 15 is 0 Å². The first-order valence-electron chi connectivity index (χ1n) is 6.86. The van der Waals surface area contributed by atoms with Crippen molar-refractivity contribution in [1.82, 2.24) is 5.32 Å². The van der Waals surface area contributed by atoms with E-state index in [0.29, 0.717) is 0 Å². The highest BCUT2D eigenvalue weighted by molar-refractivity contribution is 8.17. The number of amides is 1. The lowest BCUT2D eigenvalue weighted by molar-refractivity contribution is -0.280. The summed E-state index contributed by atoms with van der Waals surface area (Å²) in [5.41, 5.74) is -5.74. The van der Waals surface area contributed by atoms with Crippen molar-refractivity contribution in [3.63, 3.8) is 0 Å². The SMILES string of the molecule is O=C(NC1=NC(C(F)(F)F)(C(F)(F)F)/C(=C(\F)C(F)(F)F)S1)c1ccccc1. The van der Waals surface area contributed by atoms with Gasteiger partial charge in [0.05, 0.1) is 4.91 Å². The molecule has 0 saturated carbocycles. The van der Waals surface area contributed by atoms with Crippen molar-refractivity contribution in [2.45, 2.75) is 24.1 Å². The third-order valence-electron chi connectivity index (χ3n) is 3.32. The molecule has 1 aliphatic rings. The van der Waals surface area contributed by atoms with Crippen molar-refractivity contribution >= 4 is 22.8 Å². The third-order valence-corrected chi connectivity index (χ3v) is 4.39. The quantitative estimate of drug-likeness (QED) is 0.616. The monoisotopic (exact) mass is 440 g/mol. The molecule has 3 nitrogen and oxygen atoms in total. The molecule has 0 aliphatic carbocycles. The van der Waals surface area contributed by atoms with Crippen LogP contribution in [0.15, 0.2) is 46.1 Å². The van der Waals surface area contributed by atoms with Gasteiger partial charge in [0.2, 0.25) is 5.83 Å². The Kier molecular flexibility index (Phi) is 5.49. The number of nitrogens with zero attached hydrogens (tertiary/aromatic N) is 1. The summed E-state index contributed by atoms with van der Waals surface area (Å²) in [6.45, 7) is 0. The van der Waals surface area contributed by atoms with Crippen LogP contribution >= 0.6 is 11.8 Å². The number of carbonyl (C=O) groups excluding carboxylic acids is 1. The molecule has 0 saturated heterocycles. The van der Waals surface area contributed by atoms with E-state index in [9.17, 15) is 48.7 Å². The second kappa shape index (κ2) is 6.97. The molecule has 1 aliphatic heterocycles. The Morgan fingerprint density at radius 2 is 1.43 bits per heavy atom. The maximum atomic E-state index is 13.6. The number of aliphatic imine (C=N–C) groups is 1. The van der Waals surface area contributed by atoms with Crippen LogP contribution in [0.3, 0.4) is 0 Å². The summed E-state index contributed by atoms with van der Waals surface area (Å²) >= 11 is -0.908. The van der Waals surface area contributed by atoms with Gasteiger partial charge in [-0.3, -0.25) is 4.79 Å². The van der Waals surface area contributed by atoms with Crippen molar-refractivity contribution in [3.05, 3.63) is 46.6 Å². The molecule has 0 aromatic heterocycles. The average molecular weight is 440 g/mol. The minimum absolute atomic E-state index is 0.232. The summed E-state index contributed by atoms with van der Waals surface area (Å²) in [5.74, 6) is -4.86. The zero-order valence-corrected chi connectivity index (χ0v) is 13.7.